The molecule has 0 bridgehead atoms. The van der Waals surface area contributed by atoms with Crippen LogP contribution in [0, 0.1) is 0 Å². The van der Waals surface area contributed by atoms with Crippen molar-refractivity contribution in [2.75, 3.05) is 6.61 Å². The lowest BCUT2D eigenvalue weighted by Crippen LogP contribution is -2.22. The summed E-state index contributed by atoms with van der Waals surface area (Å²) in [6, 6.07) is 0. The molecular weight excluding hydrogens is 110 g/mol. The number of carbonyl (C=O) groups excluding carboxylic acids is 1. The summed E-state index contributed by atoms with van der Waals surface area (Å²) >= 11 is 0. The van der Waals surface area contributed by atoms with E-state index in [9.17, 15) is 4.79 Å². The summed E-state index contributed by atoms with van der Waals surface area (Å²) in [6.07, 6.45) is -1.16. The van der Waals surface area contributed by atoms with Gasteiger partial charge >= 0.3 is 0 Å². The Morgan fingerprint density at radius 1 is 1.75 bits per heavy atom. The molecule has 4 heteroatoms. The van der Waals surface area contributed by atoms with Crippen molar-refractivity contribution in [3.05, 3.63) is 0 Å². The van der Waals surface area contributed by atoms with Gasteiger partial charge in [0, 0.05) is 0 Å². The van der Waals surface area contributed by atoms with Gasteiger partial charge in [-0.15, -0.1) is 0 Å². The fourth-order valence-electron chi connectivity index (χ4n) is 0.297. The zero-order chi connectivity index (χ0) is 6.57. The van der Waals surface area contributed by atoms with Crippen molar-refractivity contribution < 1.29 is 15.0 Å². The maximum atomic E-state index is 9.92. The van der Waals surface area contributed by atoms with Crippen molar-refractivity contribution in [1.29, 1.82) is 0 Å². The average molecular weight is 119 g/mol. The van der Waals surface area contributed by atoms with Gasteiger partial charge in [-0.25, -0.2) is 0 Å². The van der Waals surface area contributed by atoms with Crippen LogP contribution >= 0.6 is 0 Å². The number of amides is 1. The first kappa shape index (κ1) is 7.39. The number of primary amides is 1. The van der Waals surface area contributed by atoms with Gasteiger partial charge in [0.05, 0.1) is 19.1 Å². The summed E-state index contributed by atoms with van der Waals surface area (Å²) in [6.45, 7) is -0.414. The van der Waals surface area contributed by atoms with Crippen molar-refractivity contribution in [1.82, 2.24) is 0 Å². The van der Waals surface area contributed by atoms with Gasteiger partial charge in [0.25, 0.3) is 0 Å². The molecule has 0 aliphatic carbocycles. The summed E-state index contributed by atoms with van der Waals surface area (Å²) in [5.74, 6) is -0.605. The molecule has 0 spiro atoms. The van der Waals surface area contributed by atoms with Crippen molar-refractivity contribution in [2.45, 2.75) is 12.5 Å². The summed E-state index contributed by atoms with van der Waals surface area (Å²) in [5.41, 5.74) is 4.66. The van der Waals surface area contributed by atoms with Gasteiger partial charge in [0.1, 0.15) is 0 Å². The minimum Gasteiger partial charge on any atom is -0.394 e. The van der Waals surface area contributed by atoms with E-state index in [1.54, 1.807) is 0 Å². The first-order chi connectivity index (χ1) is 3.66. The Morgan fingerprint density at radius 3 is 2.38 bits per heavy atom. The molecule has 0 rings (SSSR count). The van der Waals surface area contributed by atoms with Crippen LogP contribution in [0.2, 0.25) is 0 Å². The van der Waals surface area contributed by atoms with E-state index in [0.717, 1.165) is 0 Å². The fourth-order valence-corrected chi connectivity index (χ4v) is 0.297. The second-order valence-electron chi connectivity index (χ2n) is 1.51. The number of rotatable bonds is 3. The Balaban J connectivity index is 3.24. The fraction of sp³-hybridized carbons (Fsp3) is 0.750. The van der Waals surface area contributed by atoms with E-state index in [-0.39, 0.29) is 6.42 Å². The Morgan fingerprint density at radius 2 is 2.25 bits per heavy atom. The number of aliphatic hydroxyl groups excluding tert-OH is 2. The molecule has 0 aromatic carbocycles. The number of carbonyl (C=O) groups is 1. The Hall–Kier alpha value is -0.610. The highest BCUT2D eigenvalue weighted by molar-refractivity contribution is 5.74. The van der Waals surface area contributed by atoms with Gasteiger partial charge in [-0.1, -0.05) is 0 Å². The molecule has 8 heavy (non-hydrogen) atoms. The Labute approximate surface area is 46.9 Å². The van der Waals surface area contributed by atoms with E-state index >= 15 is 0 Å². The van der Waals surface area contributed by atoms with Gasteiger partial charge in [-0.2, -0.15) is 0 Å². The standard InChI is InChI=1S/C4H9NO3/c5-4(8)1-3(7)2-6/h3,6-7H,1-2H2,(H2,5,8). The van der Waals surface area contributed by atoms with Gasteiger partial charge in [-0.05, 0) is 0 Å². The summed E-state index contributed by atoms with van der Waals surface area (Å²) < 4.78 is 0. The first-order valence-corrected chi connectivity index (χ1v) is 2.24. The molecule has 0 fully saturated rings. The molecule has 1 unspecified atom stereocenters. The molecule has 0 aliphatic heterocycles. The minimum atomic E-state index is -0.993. The van der Waals surface area contributed by atoms with E-state index in [0.29, 0.717) is 0 Å². The van der Waals surface area contributed by atoms with Crippen molar-refractivity contribution in [3.8, 4) is 0 Å². The molecule has 0 radical (unpaired) electrons. The first-order valence-electron chi connectivity index (χ1n) is 2.24. The molecule has 0 saturated heterocycles. The molecular formula is C4H9NO3. The predicted molar refractivity (Wildman–Crippen MR) is 26.9 cm³/mol. The van der Waals surface area contributed by atoms with Crippen LogP contribution < -0.4 is 5.73 Å². The largest absolute Gasteiger partial charge is 0.394 e. The van der Waals surface area contributed by atoms with Crippen LogP contribution in [0.4, 0.5) is 0 Å². The zero-order valence-electron chi connectivity index (χ0n) is 4.37. The van der Waals surface area contributed by atoms with Gasteiger partial charge in [0.15, 0.2) is 0 Å². The topological polar surface area (TPSA) is 83.6 Å². The molecule has 0 saturated carbocycles. The van der Waals surface area contributed by atoms with Crippen LogP contribution in [0.3, 0.4) is 0 Å². The molecule has 0 aliphatic rings. The van der Waals surface area contributed by atoms with E-state index < -0.39 is 18.6 Å². The second-order valence-corrected chi connectivity index (χ2v) is 1.51. The quantitative estimate of drug-likeness (QED) is 0.410. The molecule has 1 atom stereocenters. The van der Waals surface area contributed by atoms with Crippen molar-refractivity contribution in [2.24, 2.45) is 5.73 Å². The molecule has 4 nitrogen and oxygen atoms in total. The maximum absolute atomic E-state index is 9.92. The summed E-state index contributed by atoms with van der Waals surface area (Å²) in [7, 11) is 0. The van der Waals surface area contributed by atoms with Gasteiger partial charge in [-0.3, -0.25) is 4.79 Å². The van der Waals surface area contributed by atoms with Crippen molar-refractivity contribution >= 4 is 5.91 Å². The molecule has 4 N–H and O–H groups in total. The van der Waals surface area contributed by atoms with E-state index in [1.165, 1.54) is 0 Å². The summed E-state index contributed by atoms with van der Waals surface area (Å²) in [4.78, 5) is 9.92. The van der Waals surface area contributed by atoms with Crippen LogP contribution in [0.5, 0.6) is 0 Å². The van der Waals surface area contributed by atoms with E-state index in [2.05, 4.69) is 5.73 Å². The van der Waals surface area contributed by atoms with Gasteiger partial charge < -0.3 is 15.9 Å². The van der Waals surface area contributed by atoms with Crippen molar-refractivity contribution in [3.63, 3.8) is 0 Å². The third kappa shape index (κ3) is 3.58. The third-order valence-corrected chi connectivity index (χ3v) is 0.648. The lowest BCUT2D eigenvalue weighted by Gasteiger charge is -2.00. The monoisotopic (exact) mass is 119 g/mol. The lowest BCUT2D eigenvalue weighted by molar-refractivity contribution is -0.120. The molecule has 48 valence electrons. The SMILES string of the molecule is NC(=O)CC(O)CO. The highest BCUT2D eigenvalue weighted by Crippen LogP contribution is 1.85. The normalized spacial score (nSPS) is 13.2. The van der Waals surface area contributed by atoms with Crippen LogP contribution in [-0.4, -0.2) is 28.8 Å². The second kappa shape index (κ2) is 3.40. The third-order valence-electron chi connectivity index (χ3n) is 0.648. The Kier molecular flexibility index (Phi) is 3.14. The maximum Gasteiger partial charge on any atom is 0.220 e. The van der Waals surface area contributed by atoms with Gasteiger partial charge in [0.2, 0.25) is 5.91 Å². The minimum absolute atomic E-state index is 0.170. The van der Waals surface area contributed by atoms with E-state index in [1.807, 2.05) is 0 Å². The highest BCUT2D eigenvalue weighted by Gasteiger charge is 2.03. The molecule has 0 aromatic heterocycles. The predicted octanol–water partition coefficient (Wildman–Crippen LogP) is -1.79. The number of aliphatic hydroxyl groups is 2. The average Bonchev–Trinajstić information content (AvgIpc) is 1.65. The number of nitrogens with two attached hydrogens (primary N) is 1. The lowest BCUT2D eigenvalue weighted by atomic mass is 10.3. The Bertz CT molecular complexity index is 83.4. The van der Waals surface area contributed by atoms with Crippen LogP contribution in [0.1, 0.15) is 6.42 Å². The van der Waals surface area contributed by atoms with E-state index in [4.69, 9.17) is 10.2 Å². The smallest absolute Gasteiger partial charge is 0.220 e. The summed E-state index contributed by atoms with van der Waals surface area (Å²) in [5, 5.41) is 16.6. The van der Waals surface area contributed by atoms with Crippen LogP contribution in [0.15, 0.2) is 0 Å². The van der Waals surface area contributed by atoms with Crippen LogP contribution in [-0.2, 0) is 4.79 Å². The highest BCUT2D eigenvalue weighted by atomic mass is 16.3. The number of hydrogen-bond acceptors (Lipinski definition) is 3. The number of hydrogen-bond donors (Lipinski definition) is 3. The molecule has 0 heterocycles. The molecule has 0 aromatic rings. The zero-order valence-corrected chi connectivity index (χ0v) is 4.37. The van der Waals surface area contributed by atoms with Crippen LogP contribution in [0.25, 0.3) is 0 Å². The molecule has 1 amide bonds.